The second kappa shape index (κ2) is 9.36. The van der Waals surface area contributed by atoms with E-state index in [4.69, 9.17) is 4.42 Å². The molecule has 0 aromatic carbocycles. The molecule has 3 atom stereocenters. The minimum Gasteiger partial charge on any atom is -0.461 e. The highest BCUT2D eigenvalue weighted by Crippen LogP contribution is 2.45. The van der Waals surface area contributed by atoms with Crippen LogP contribution in [-0.4, -0.2) is 5.78 Å². The summed E-state index contributed by atoms with van der Waals surface area (Å²) in [5.41, 5.74) is 9.03. The van der Waals surface area contributed by atoms with Crippen LogP contribution in [0.3, 0.4) is 0 Å². The average Bonchev–Trinajstić information content (AvgIpc) is 3.66. The van der Waals surface area contributed by atoms with E-state index in [2.05, 4.69) is 43.4 Å². The van der Waals surface area contributed by atoms with Crippen LogP contribution in [0.15, 0.2) is 68.7 Å². The first-order chi connectivity index (χ1) is 16.6. The quantitative estimate of drug-likeness (QED) is 0.387. The predicted molar refractivity (Wildman–Crippen MR) is 138 cm³/mol. The van der Waals surface area contributed by atoms with Crippen LogP contribution in [-0.2, 0) is 11.2 Å². The molecule has 3 unspecified atom stereocenters. The van der Waals surface area contributed by atoms with Gasteiger partial charge in [-0.25, -0.2) is 0 Å². The molecule has 34 heavy (non-hydrogen) atoms. The summed E-state index contributed by atoms with van der Waals surface area (Å²) in [6.07, 6.45) is 24.0. The Morgan fingerprint density at radius 3 is 2.71 bits per heavy atom. The van der Waals surface area contributed by atoms with Crippen molar-refractivity contribution in [3.63, 3.8) is 0 Å². The number of Topliss-reactive ketones (excluding diaryl/α,β-unsaturated/α-hetero) is 1. The van der Waals surface area contributed by atoms with Gasteiger partial charge in [-0.2, -0.15) is 0 Å². The monoisotopic (exact) mass is 454 g/mol. The largest absolute Gasteiger partial charge is 0.461 e. The van der Waals surface area contributed by atoms with Crippen molar-refractivity contribution in [3.8, 4) is 0 Å². The highest BCUT2D eigenvalue weighted by molar-refractivity contribution is 5.84. The number of aryl methyl sites for hydroxylation is 1. The van der Waals surface area contributed by atoms with Gasteiger partial charge >= 0.3 is 0 Å². The van der Waals surface area contributed by atoms with E-state index >= 15 is 0 Å². The van der Waals surface area contributed by atoms with E-state index in [1.807, 2.05) is 0 Å². The second-order valence-corrected chi connectivity index (χ2v) is 11.4. The summed E-state index contributed by atoms with van der Waals surface area (Å²) in [5.74, 6) is 3.63. The van der Waals surface area contributed by atoms with E-state index < -0.39 is 0 Å². The summed E-state index contributed by atoms with van der Waals surface area (Å²) in [4.78, 5) is 13.5. The topological polar surface area (TPSA) is 30.2 Å². The molecule has 0 saturated heterocycles. The minimum absolute atomic E-state index is 0.0609. The van der Waals surface area contributed by atoms with E-state index in [9.17, 15) is 4.79 Å². The Kier molecular flexibility index (Phi) is 6.09. The van der Waals surface area contributed by atoms with Crippen LogP contribution in [0.25, 0.3) is 5.57 Å². The van der Waals surface area contributed by atoms with Crippen LogP contribution in [0.1, 0.15) is 95.5 Å². The highest BCUT2D eigenvalue weighted by atomic mass is 16.3. The van der Waals surface area contributed by atoms with E-state index in [1.165, 1.54) is 74.5 Å². The first-order valence-electron chi connectivity index (χ1n) is 13.8. The molecule has 0 saturated carbocycles. The Hall–Kier alpha value is -2.35. The second-order valence-electron chi connectivity index (χ2n) is 11.4. The number of ketones is 1. The van der Waals surface area contributed by atoms with Crippen LogP contribution in [0.5, 0.6) is 0 Å². The first-order valence-corrected chi connectivity index (χ1v) is 13.8. The Bertz CT molecular complexity index is 1130. The molecule has 0 aliphatic heterocycles. The molecule has 178 valence electrons. The summed E-state index contributed by atoms with van der Waals surface area (Å²) in [6, 6.07) is 4.22. The van der Waals surface area contributed by atoms with Crippen LogP contribution in [0, 0.1) is 17.8 Å². The maximum atomic E-state index is 13.5. The zero-order valence-corrected chi connectivity index (χ0v) is 20.7. The standard InChI is InChI=1S/C32H38O2/c1-21-10-11-24-17-27(18-25(24)16-21)32-15-13-28(34-32)12-14-31(33)30-20-26(22-6-2-3-7-22)19-29(30)23-8-4-5-9-23/h6,8,13,15,18,20-21,29-30H,2-5,7,9-12,14,16-17,19H2,1H3. The van der Waals surface area contributed by atoms with Gasteiger partial charge in [0.15, 0.2) is 0 Å². The summed E-state index contributed by atoms with van der Waals surface area (Å²) in [7, 11) is 0. The Balaban J connectivity index is 1.11. The van der Waals surface area contributed by atoms with Gasteiger partial charge in [-0.05, 0) is 117 Å². The molecule has 0 fully saturated rings. The van der Waals surface area contributed by atoms with Crippen molar-refractivity contribution in [3.05, 3.63) is 75.8 Å². The predicted octanol–water partition coefficient (Wildman–Crippen LogP) is 8.47. The molecule has 0 amide bonds. The lowest BCUT2D eigenvalue weighted by molar-refractivity contribution is -0.122. The Morgan fingerprint density at radius 2 is 1.88 bits per heavy atom. The van der Waals surface area contributed by atoms with Gasteiger partial charge in [-0.1, -0.05) is 42.4 Å². The fourth-order valence-electron chi connectivity index (χ4n) is 6.99. The van der Waals surface area contributed by atoms with Crippen LogP contribution < -0.4 is 0 Å². The van der Waals surface area contributed by atoms with Gasteiger partial charge in [0.1, 0.15) is 17.3 Å². The summed E-state index contributed by atoms with van der Waals surface area (Å²) in [6.45, 7) is 2.36. The molecule has 5 aliphatic carbocycles. The normalized spacial score (nSPS) is 28.7. The molecule has 0 radical (unpaired) electrons. The van der Waals surface area contributed by atoms with Gasteiger partial charge in [0.25, 0.3) is 0 Å². The molecule has 0 N–H and O–H groups in total. The van der Waals surface area contributed by atoms with E-state index in [0.717, 1.165) is 30.3 Å². The molecule has 1 aromatic heterocycles. The van der Waals surface area contributed by atoms with Crippen molar-refractivity contribution >= 4 is 11.4 Å². The van der Waals surface area contributed by atoms with Crippen molar-refractivity contribution < 1.29 is 9.21 Å². The van der Waals surface area contributed by atoms with Crippen LogP contribution in [0.2, 0.25) is 0 Å². The lowest BCUT2D eigenvalue weighted by atomic mass is 9.83. The Morgan fingerprint density at radius 1 is 1.00 bits per heavy atom. The molecule has 2 nitrogen and oxygen atoms in total. The van der Waals surface area contributed by atoms with Gasteiger partial charge in [0.05, 0.1) is 0 Å². The smallest absolute Gasteiger partial charge is 0.140 e. The maximum absolute atomic E-state index is 13.5. The first kappa shape index (κ1) is 22.1. The van der Waals surface area contributed by atoms with Crippen molar-refractivity contribution in [1.29, 1.82) is 0 Å². The molecule has 1 heterocycles. The molecule has 2 heteroatoms. The molecule has 0 spiro atoms. The highest BCUT2D eigenvalue weighted by Gasteiger charge is 2.36. The fraction of sp³-hybridized carbons (Fsp3) is 0.531. The zero-order valence-electron chi connectivity index (χ0n) is 20.7. The van der Waals surface area contributed by atoms with E-state index in [1.54, 1.807) is 16.7 Å². The number of hydrogen-bond acceptors (Lipinski definition) is 2. The van der Waals surface area contributed by atoms with E-state index in [-0.39, 0.29) is 5.92 Å². The van der Waals surface area contributed by atoms with Gasteiger partial charge in [0, 0.05) is 18.8 Å². The van der Waals surface area contributed by atoms with Gasteiger partial charge in [0.2, 0.25) is 0 Å². The van der Waals surface area contributed by atoms with Crippen molar-refractivity contribution in [2.24, 2.45) is 17.8 Å². The van der Waals surface area contributed by atoms with Crippen LogP contribution >= 0.6 is 0 Å². The van der Waals surface area contributed by atoms with Crippen LogP contribution in [0.4, 0.5) is 0 Å². The van der Waals surface area contributed by atoms with Crippen molar-refractivity contribution in [2.45, 2.75) is 90.4 Å². The lowest BCUT2D eigenvalue weighted by Gasteiger charge is -2.20. The molecule has 1 aromatic rings. The molecule has 6 rings (SSSR count). The minimum atomic E-state index is 0.0609. The summed E-state index contributed by atoms with van der Waals surface area (Å²) >= 11 is 0. The van der Waals surface area contributed by atoms with Gasteiger partial charge in [-0.3, -0.25) is 4.79 Å². The number of carbonyl (C=O) groups excluding carboxylic acids is 1. The summed E-state index contributed by atoms with van der Waals surface area (Å²) in [5, 5.41) is 0. The zero-order chi connectivity index (χ0) is 23.1. The third kappa shape index (κ3) is 4.37. The molecule has 0 bridgehead atoms. The summed E-state index contributed by atoms with van der Waals surface area (Å²) < 4.78 is 6.26. The number of carbonyl (C=O) groups is 1. The number of furan rings is 1. The third-order valence-corrected chi connectivity index (χ3v) is 8.94. The van der Waals surface area contributed by atoms with E-state index in [0.29, 0.717) is 24.5 Å². The third-order valence-electron chi connectivity index (χ3n) is 8.94. The Labute approximate surface area is 204 Å². The molecular formula is C32H38O2. The molecular weight excluding hydrogens is 416 g/mol. The van der Waals surface area contributed by atoms with Gasteiger partial charge < -0.3 is 4.42 Å². The lowest BCUT2D eigenvalue weighted by Crippen LogP contribution is -2.20. The van der Waals surface area contributed by atoms with Gasteiger partial charge in [-0.15, -0.1) is 0 Å². The fourth-order valence-corrected chi connectivity index (χ4v) is 6.99. The van der Waals surface area contributed by atoms with Crippen molar-refractivity contribution in [1.82, 2.24) is 0 Å². The number of rotatable bonds is 7. The number of allylic oxidation sites excluding steroid dienone is 10. The van der Waals surface area contributed by atoms with Crippen molar-refractivity contribution in [2.75, 3.05) is 0 Å². The molecule has 5 aliphatic rings. The SMILES string of the molecule is CC1CCC2=C(C=C(c3ccc(CCC(=O)C4C=C(C5=CCCC5)CC4C4=CCCC4)o3)C2)C1. The number of hydrogen-bond donors (Lipinski definition) is 0. The average molecular weight is 455 g/mol. The maximum Gasteiger partial charge on any atom is 0.140 e.